The Hall–Kier alpha value is -1.60. The number of carbonyl (C=O) groups excluding carboxylic acids is 1. The fourth-order valence-electron chi connectivity index (χ4n) is 3.03. The summed E-state index contributed by atoms with van der Waals surface area (Å²) in [7, 11) is 1.97. The number of nitrogens with zero attached hydrogens (tertiary/aromatic N) is 4. The number of nitrogen functional groups attached to an aromatic ring is 1. The molecule has 140 valence electrons. The topological polar surface area (TPSA) is 84.6 Å². The first-order valence-electron chi connectivity index (χ1n) is 8.60. The van der Waals surface area contributed by atoms with Gasteiger partial charge in [0.05, 0.1) is 6.54 Å². The van der Waals surface area contributed by atoms with Crippen molar-refractivity contribution < 1.29 is 9.53 Å². The fourth-order valence-corrected chi connectivity index (χ4v) is 3.25. The predicted octanol–water partition coefficient (Wildman–Crippen LogP) is 2.34. The molecule has 25 heavy (non-hydrogen) atoms. The largest absolute Gasteiger partial charge is 0.459 e. The van der Waals surface area contributed by atoms with Crippen LogP contribution in [0, 0.1) is 0 Å². The summed E-state index contributed by atoms with van der Waals surface area (Å²) in [5.74, 6) is 0.793. The third kappa shape index (κ3) is 5.71. The second-order valence-corrected chi connectivity index (χ2v) is 7.85. The van der Waals surface area contributed by atoms with Crippen molar-refractivity contribution in [2.75, 3.05) is 37.3 Å². The quantitative estimate of drug-likeness (QED) is 0.815. The van der Waals surface area contributed by atoms with Crippen molar-refractivity contribution in [3.05, 3.63) is 11.3 Å². The van der Waals surface area contributed by atoms with Crippen LogP contribution in [0.2, 0.25) is 5.02 Å². The number of hydrogen-bond donors (Lipinski definition) is 1. The smallest absolute Gasteiger partial charge is 0.320 e. The Morgan fingerprint density at radius 2 is 2.12 bits per heavy atom. The number of likely N-dealkylation sites (N-methyl/N-ethyl adjacent to an activating group) is 1. The van der Waals surface area contributed by atoms with Crippen molar-refractivity contribution in [1.29, 1.82) is 0 Å². The third-order valence-corrected chi connectivity index (χ3v) is 4.58. The Kier molecular flexibility index (Phi) is 6.46. The minimum absolute atomic E-state index is 0.192. The number of halogens is 1. The number of hydrogen-bond acceptors (Lipinski definition) is 7. The van der Waals surface area contributed by atoms with Crippen LogP contribution in [0.15, 0.2) is 6.33 Å². The van der Waals surface area contributed by atoms with E-state index in [4.69, 9.17) is 22.1 Å². The fraction of sp³-hybridized carbons (Fsp3) is 0.706. The molecular formula is C17H28ClN5O2. The van der Waals surface area contributed by atoms with Gasteiger partial charge in [-0.25, -0.2) is 9.97 Å². The van der Waals surface area contributed by atoms with E-state index in [1.165, 1.54) is 6.33 Å². The molecule has 1 unspecified atom stereocenters. The maximum Gasteiger partial charge on any atom is 0.320 e. The van der Waals surface area contributed by atoms with Crippen LogP contribution >= 0.6 is 11.6 Å². The van der Waals surface area contributed by atoms with E-state index < -0.39 is 5.60 Å². The summed E-state index contributed by atoms with van der Waals surface area (Å²) >= 11 is 6.25. The first-order chi connectivity index (χ1) is 11.7. The van der Waals surface area contributed by atoms with Crippen LogP contribution in [0.5, 0.6) is 0 Å². The van der Waals surface area contributed by atoms with E-state index in [0.29, 0.717) is 29.2 Å². The molecule has 0 aromatic carbocycles. The standard InChI is InChI=1S/C17H28ClN5O2/c1-17(2,3)25-13(24)10-22(4)12-6-5-8-23(9-7-12)16-14(18)15(19)20-11-21-16/h11-12H,5-10H2,1-4H3,(H2,19,20,21). The van der Waals surface area contributed by atoms with E-state index in [2.05, 4.69) is 19.8 Å². The minimum atomic E-state index is -0.456. The molecule has 1 atom stereocenters. The number of carbonyl (C=O) groups is 1. The maximum absolute atomic E-state index is 12.0. The van der Waals surface area contributed by atoms with Gasteiger partial charge in [-0.3, -0.25) is 9.69 Å². The zero-order valence-corrected chi connectivity index (χ0v) is 16.2. The highest BCUT2D eigenvalue weighted by molar-refractivity contribution is 6.35. The van der Waals surface area contributed by atoms with Gasteiger partial charge in [-0.05, 0) is 47.1 Å². The average molecular weight is 370 g/mol. The van der Waals surface area contributed by atoms with Gasteiger partial charge in [0.1, 0.15) is 22.8 Å². The lowest BCUT2D eigenvalue weighted by atomic mass is 10.1. The normalized spacial score (nSPS) is 19.0. The lowest BCUT2D eigenvalue weighted by Gasteiger charge is -2.28. The highest BCUT2D eigenvalue weighted by atomic mass is 35.5. The monoisotopic (exact) mass is 369 g/mol. The minimum Gasteiger partial charge on any atom is -0.459 e. The Bertz CT molecular complexity index is 605. The summed E-state index contributed by atoms with van der Waals surface area (Å²) in [6, 6.07) is 0.315. The molecule has 0 amide bonds. The molecule has 1 fully saturated rings. The molecule has 2 heterocycles. The molecular weight excluding hydrogens is 342 g/mol. The first kappa shape index (κ1) is 19.7. The summed E-state index contributed by atoms with van der Waals surface area (Å²) < 4.78 is 5.41. The molecule has 2 N–H and O–H groups in total. The average Bonchev–Trinajstić information content (AvgIpc) is 2.74. The second-order valence-electron chi connectivity index (χ2n) is 7.47. The summed E-state index contributed by atoms with van der Waals surface area (Å²) in [4.78, 5) is 24.4. The van der Waals surface area contributed by atoms with Gasteiger partial charge in [0.2, 0.25) is 0 Å². The summed E-state index contributed by atoms with van der Waals surface area (Å²) in [6.45, 7) is 7.60. The summed E-state index contributed by atoms with van der Waals surface area (Å²) in [6.07, 6.45) is 4.35. The molecule has 0 bridgehead atoms. The van der Waals surface area contributed by atoms with Gasteiger partial charge in [0, 0.05) is 19.1 Å². The van der Waals surface area contributed by atoms with Crippen LogP contribution in [0.25, 0.3) is 0 Å². The van der Waals surface area contributed by atoms with E-state index in [1.54, 1.807) is 0 Å². The number of esters is 1. The van der Waals surface area contributed by atoms with Crippen LogP contribution in [0.1, 0.15) is 40.0 Å². The van der Waals surface area contributed by atoms with Crippen LogP contribution in [-0.2, 0) is 9.53 Å². The third-order valence-electron chi connectivity index (χ3n) is 4.22. The number of nitrogens with two attached hydrogens (primary N) is 1. The second kappa shape index (κ2) is 8.19. The molecule has 0 spiro atoms. The van der Waals surface area contributed by atoms with Gasteiger partial charge >= 0.3 is 5.97 Å². The number of aromatic nitrogens is 2. The predicted molar refractivity (Wildman–Crippen MR) is 99.8 cm³/mol. The first-order valence-corrected chi connectivity index (χ1v) is 8.98. The zero-order chi connectivity index (χ0) is 18.6. The number of rotatable bonds is 4. The Balaban J connectivity index is 1.94. The van der Waals surface area contributed by atoms with Crippen molar-refractivity contribution in [2.45, 2.75) is 51.7 Å². The van der Waals surface area contributed by atoms with E-state index in [9.17, 15) is 4.79 Å². The molecule has 1 aliphatic rings. The number of ether oxygens (including phenoxy) is 1. The molecule has 1 aromatic rings. The van der Waals surface area contributed by atoms with E-state index in [-0.39, 0.29) is 5.97 Å². The molecule has 2 rings (SSSR count). The van der Waals surface area contributed by atoms with Crippen molar-refractivity contribution in [3.8, 4) is 0 Å². The highest BCUT2D eigenvalue weighted by Gasteiger charge is 2.25. The summed E-state index contributed by atoms with van der Waals surface area (Å²) in [5, 5.41) is 0.406. The van der Waals surface area contributed by atoms with Crippen LogP contribution in [0.4, 0.5) is 11.6 Å². The molecule has 0 radical (unpaired) electrons. The van der Waals surface area contributed by atoms with Gasteiger partial charge in [-0.2, -0.15) is 0 Å². The Morgan fingerprint density at radius 3 is 2.80 bits per heavy atom. The van der Waals surface area contributed by atoms with Crippen LogP contribution in [0.3, 0.4) is 0 Å². The van der Waals surface area contributed by atoms with Crippen molar-refractivity contribution >= 4 is 29.2 Å². The van der Waals surface area contributed by atoms with Crippen molar-refractivity contribution in [3.63, 3.8) is 0 Å². The molecule has 1 aromatic heterocycles. The van der Waals surface area contributed by atoms with Gasteiger partial charge in [-0.1, -0.05) is 11.6 Å². The van der Waals surface area contributed by atoms with Gasteiger partial charge < -0.3 is 15.4 Å². The molecule has 0 saturated carbocycles. The van der Waals surface area contributed by atoms with E-state index in [1.807, 2.05) is 27.8 Å². The zero-order valence-electron chi connectivity index (χ0n) is 15.5. The highest BCUT2D eigenvalue weighted by Crippen LogP contribution is 2.29. The molecule has 8 heteroatoms. The van der Waals surface area contributed by atoms with Gasteiger partial charge in [-0.15, -0.1) is 0 Å². The van der Waals surface area contributed by atoms with Crippen molar-refractivity contribution in [2.24, 2.45) is 0 Å². The van der Waals surface area contributed by atoms with E-state index >= 15 is 0 Å². The Labute approximate surface area is 154 Å². The summed E-state index contributed by atoms with van der Waals surface area (Å²) in [5.41, 5.74) is 5.32. The maximum atomic E-state index is 12.0. The van der Waals surface area contributed by atoms with E-state index in [0.717, 1.165) is 32.4 Å². The van der Waals surface area contributed by atoms with Crippen LogP contribution < -0.4 is 10.6 Å². The SMILES string of the molecule is CN(CC(=O)OC(C)(C)C)C1CCCN(c2ncnc(N)c2Cl)CC1. The van der Waals surface area contributed by atoms with Crippen LogP contribution in [-0.4, -0.2) is 59.2 Å². The van der Waals surface area contributed by atoms with Gasteiger partial charge in [0.25, 0.3) is 0 Å². The number of anilines is 2. The molecule has 1 saturated heterocycles. The Morgan fingerprint density at radius 1 is 1.40 bits per heavy atom. The molecule has 1 aliphatic heterocycles. The van der Waals surface area contributed by atoms with Crippen molar-refractivity contribution in [1.82, 2.24) is 14.9 Å². The van der Waals surface area contributed by atoms with Gasteiger partial charge in [0.15, 0.2) is 5.82 Å². The molecule has 7 nitrogen and oxygen atoms in total. The lowest BCUT2D eigenvalue weighted by Crippen LogP contribution is -2.39. The lowest BCUT2D eigenvalue weighted by molar-refractivity contribution is -0.156. The molecule has 0 aliphatic carbocycles.